The zero-order valence-electron chi connectivity index (χ0n) is 17.0. The van der Waals surface area contributed by atoms with Crippen molar-refractivity contribution in [3.05, 3.63) is 59.7 Å². The summed E-state index contributed by atoms with van der Waals surface area (Å²) in [5.41, 5.74) is 1.11. The summed E-state index contributed by atoms with van der Waals surface area (Å²) >= 11 is 0. The second kappa shape index (κ2) is 8.63. The van der Waals surface area contributed by atoms with Crippen LogP contribution in [0.1, 0.15) is 61.6 Å². The zero-order valence-corrected chi connectivity index (χ0v) is 17.0. The average Bonchev–Trinajstić information content (AvgIpc) is 3.19. The van der Waals surface area contributed by atoms with Crippen molar-refractivity contribution in [3.63, 3.8) is 0 Å². The molecule has 0 radical (unpaired) electrons. The van der Waals surface area contributed by atoms with Crippen LogP contribution in [0.15, 0.2) is 43.0 Å². The Hall–Kier alpha value is -1.99. The van der Waals surface area contributed by atoms with E-state index in [0.29, 0.717) is 18.7 Å². The number of halogens is 3. The topological polar surface area (TPSA) is 47.0 Å². The minimum absolute atomic E-state index is 0.00456. The van der Waals surface area contributed by atoms with Crippen LogP contribution in [0.2, 0.25) is 0 Å². The molecule has 2 aromatic rings. The van der Waals surface area contributed by atoms with Crippen LogP contribution in [-0.2, 0) is 22.9 Å². The number of nitrogens with one attached hydrogen (secondary N) is 1. The van der Waals surface area contributed by atoms with E-state index in [0.717, 1.165) is 44.9 Å². The highest BCUT2D eigenvalue weighted by Gasteiger charge is 2.47. The fraction of sp³-hybridized carbons (Fsp3) is 0.565. The molecule has 1 saturated carbocycles. The Morgan fingerprint density at radius 3 is 2.53 bits per heavy atom. The number of pyridine rings is 2. The molecule has 3 heterocycles. The number of hydrogen-bond donors (Lipinski definition) is 1. The van der Waals surface area contributed by atoms with Crippen LogP contribution in [0.3, 0.4) is 0 Å². The van der Waals surface area contributed by atoms with Crippen LogP contribution in [0.25, 0.3) is 0 Å². The third-order valence-electron chi connectivity index (χ3n) is 6.69. The van der Waals surface area contributed by atoms with Crippen LogP contribution in [0.4, 0.5) is 13.2 Å². The quantitative estimate of drug-likeness (QED) is 0.667. The Labute approximate surface area is 175 Å². The van der Waals surface area contributed by atoms with Crippen molar-refractivity contribution in [2.24, 2.45) is 0 Å². The average molecular weight is 419 g/mol. The Bertz CT molecular complexity index is 837. The summed E-state index contributed by atoms with van der Waals surface area (Å²) in [6.07, 6.45) is 9.19. The Kier molecular flexibility index (Phi) is 6.11. The van der Waals surface area contributed by atoms with Crippen LogP contribution in [-0.4, -0.2) is 28.7 Å². The van der Waals surface area contributed by atoms with Gasteiger partial charge in [0.15, 0.2) is 0 Å². The fourth-order valence-corrected chi connectivity index (χ4v) is 5.17. The van der Waals surface area contributed by atoms with Gasteiger partial charge >= 0.3 is 6.18 Å². The summed E-state index contributed by atoms with van der Waals surface area (Å²) < 4.78 is 45.0. The van der Waals surface area contributed by atoms with Crippen molar-refractivity contribution in [1.29, 1.82) is 0 Å². The molecule has 7 heteroatoms. The highest BCUT2D eigenvalue weighted by molar-refractivity contribution is 5.26. The third kappa shape index (κ3) is 4.67. The number of aromatic nitrogens is 2. The molecule has 2 aromatic heterocycles. The smallest absolute Gasteiger partial charge is 0.375 e. The van der Waals surface area contributed by atoms with Gasteiger partial charge in [-0.25, -0.2) is 0 Å². The lowest BCUT2D eigenvalue weighted by Gasteiger charge is -2.47. The van der Waals surface area contributed by atoms with Gasteiger partial charge in [0.2, 0.25) is 0 Å². The van der Waals surface area contributed by atoms with Crippen LogP contribution in [0.5, 0.6) is 0 Å². The SMILES string of the molecule is FC(F)(F)c1cncc(CNCC[C@]2(c3ccncc3)CCOC3(CCCC3)C2)c1. The first-order valence-electron chi connectivity index (χ1n) is 10.7. The summed E-state index contributed by atoms with van der Waals surface area (Å²) in [6.45, 7) is 1.83. The van der Waals surface area contributed by atoms with E-state index in [2.05, 4.69) is 27.4 Å². The van der Waals surface area contributed by atoms with Gasteiger partial charge in [-0.2, -0.15) is 13.2 Å². The number of alkyl halides is 3. The Morgan fingerprint density at radius 2 is 1.80 bits per heavy atom. The molecule has 1 aliphatic heterocycles. The van der Waals surface area contributed by atoms with Gasteiger partial charge in [-0.05, 0) is 68.0 Å². The summed E-state index contributed by atoms with van der Waals surface area (Å²) in [5, 5.41) is 3.34. The molecule has 162 valence electrons. The second-order valence-corrected chi connectivity index (χ2v) is 8.69. The fourth-order valence-electron chi connectivity index (χ4n) is 5.17. The van der Waals surface area contributed by atoms with Crippen molar-refractivity contribution in [2.75, 3.05) is 13.2 Å². The van der Waals surface area contributed by atoms with E-state index in [1.807, 2.05) is 12.4 Å². The maximum absolute atomic E-state index is 12.9. The van der Waals surface area contributed by atoms with E-state index >= 15 is 0 Å². The molecular weight excluding hydrogens is 391 g/mol. The van der Waals surface area contributed by atoms with Gasteiger partial charge in [0.05, 0.1) is 11.2 Å². The third-order valence-corrected chi connectivity index (χ3v) is 6.69. The molecule has 1 atom stereocenters. The lowest BCUT2D eigenvalue weighted by molar-refractivity contribution is -0.137. The molecule has 1 spiro atoms. The van der Waals surface area contributed by atoms with Crippen LogP contribution >= 0.6 is 0 Å². The first-order chi connectivity index (χ1) is 14.4. The molecule has 4 rings (SSSR count). The number of ether oxygens (including phenoxy) is 1. The number of rotatable bonds is 6. The number of nitrogens with zero attached hydrogens (tertiary/aromatic N) is 2. The molecule has 1 aliphatic carbocycles. The predicted octanol–water partition coefficient (Wildman–Crippen LogP) is 5.04. The van der Waals surface area contributed by atoms with Gasteiger partial charge in [0, 0.05) is 43.4 Å². The molecule has 2 fully saturated rings. The summed E-state index contributed by atoms with van der Waals surface area (Å²) in [7, 11) is 0. The maximum atomic E-state index is 12.9. The first kappa shape index (κ1) is 21.2. The van der Waals surface area contributed by atoms with Crippen molar-refractivity contribution < 1.29 is 17.9 Å². The van der Waals surface area contributed by atoms with Gasteiger partial charge in [0.25, 0.3) is 0 Å². The Balaban J connectivity index is 1.43. The monoisotopic (exact) mass is 419 g/mol. The van der Waals surface area contributed by atoms with Gasteiger partial charge in [-0.3, -0.25) is 9.97 Å². The van der Waals surface area contributed by atoms with Crippen molar-refractivity contribution in [1.82, 2.24) is 15.3 Å². The molecule has 0 bridgehead atoms. The lowest BCUT2D eigenvalue weighted by Crippen LogP contribution is -2.47. The zero-order chi connectivity index (χ0) is 21.1. The van der Waals surface area contributed by atoms with Crippen molar-refractivity contribution in [3.8, 4) is 0 Å². The van der Waals surface area contributed by atoms with Gasteiger partial charge in [-0.15, -0.1) is 0 Å². The summed E-state index contributed by atoms with van der Waals surface area (Å²) in [5.74, 6) is 0. The van der Waals surface area contributed by atoms with Crippen LogP contribution in [0, 0.1) is 0 Å². The first-order valence-corrected chi connectivity index (χ1v) is 10.7. The van der Waals surface area contributed by atoms with Crippen LogP contribution < -0.4 is 5.32 Å². The second-order valence-electron chi connectivity index (χ2n) is 8.69. The molecule has 4 nitrogen and oxygen atoms in total. The van der Waals surface area contributed by atoms with E-state index in [-0.39, 0.29) is 11.0 Å². The summed E-state index contributed by atoms with van der Waals surface area (Å²) in [6, 6.07) is 5.37. The molecule has 0 aromatic carbocycles. The highest BCUT2D eigenvalue weighted by Crippen LogP contribution is 2.49. The van der Waals surface area contributed by atoms with E-state index < -0.39 is 11.7 Å². The molecule has 1 N–H and O–H groups in total. The minimum atomic E-state index is -4.37. The largest absolute Gasteiger partial charge is 0.417 e. The summed E-state index contributed by atoms with van der Waals surface area (Å²) in [4.78, 5) is 7.92. The predicted molar refractivity (Wildman–Crippen MR) is 108 cm³/mol. The van der Waals surface area contributed by atoms with Crippen molar-refractivity contribution in [2.45, 2.75) is 68.7 Å². The van der Waals surface area contributed by atoms with E-state index in [9.17, 15) is 13.2 Å². The molecule has 1 saturated heterocycles. The molecular formula is C23H28F3N3O. The normalized spacial score (nSPS) is 23.7. The molecule has 2 aliphatic rings. The van der Waals surface area contributed by atoms with E-state index in [4.69, 9.17) is 4.74 Å². The maximum Gasteiger partial charge on any atom is 0.417 e. The van der Waals surface area contributed by atoms with E-state index in [1.165, 1.54) is 30.7 Å². The number of hydrogen-bond acceptors (Lipinski definition) is 4. The van der Waals surface area contributed by atoms with Crippen molar-refractivity contribution >= 4 is 0 Å². The highest BCUT2D eigenvalue weighted by atomic mass is 19.4. The molecule has 0 unspecified atom stereocenters. The van der Waals surface area contributed by atoms with Gasteiger partial charge < -0.3 is 10.1 Å². The standard InChI is InChI=1S/C23H28F3N3O/c24-23(25,26)20-13-18(15-29-16-20)14-28-11-7-21(19-3-9-27-10-4-19)8-12-30-22(17-21)5-1-2-6-22/h3-4,9-10,13,15-16,28H,1-2,5-8,11-12,14,17H2/t21-/m0/s1. The lowest BCUT2D eigenvalue weighted by atomic mass is 9.66. The van der Waals surface area contributed by atoms with Gasteiger partial charge in [-0.1, -0.05) is 12.8 Å². The van der Waals surface area contributed by atoms with E-state index in [1.54, 1.807) is 0 Å². The molecule has 30 heavy (non-hydrogen) atoms. The minimum Gasteiger partial charge on any atom is -0.375 e. The Morgan fingerprint density at radius 1 is 1.03 bits per heavy atom. The molecule has 0 amide bonds. The van der Waals surface area contributed by atoms with Gasteiger partial charge in [0.1, 0.15) is 0 Å².